The third kappa shape index (κ3) is 4.52. The van der Waals surface area contributed by atoms with E-state index in [0.717, 1.165) is 11.8 Å². The number of aromatic nitrogens is 2. The number of hydrogen-bond acceptors (Lipinski definition) is 5. The highest BCUT2D eigenvalue weighted by Gasteiger charge is 2.56. The zero-order valence-corrected chi connectivity index (χ0v) is 18.6. The van der Waals surface area contributed by atoms with E-state index < -0.39 is 28.9 Å². The highest BCUT2D eigenvalue weighted by molar-refractivity contribution is 6.16. The van der Waals surface area contributed by atoms with Crippen molar-refractivity contribution in [3.05, 3.63) is 84.3 Å². The Balaban J connectivity index is 1.29. The molecule has 0 unspecified atom stereocenters. The predicted molar refractivity (Wildman–Crippen MR) is 126 cm³/mol. The fourth-order valence-corrected chi connectivity index (χ4v) is 3.70. The number of pyridine rings is 2. The molecule has 7 nitrogen and oxygen atoms in total. The molecule has 1 saturated carbocycles. The van der Waals surface area contributed by atoms with Gasteiger partial charge in [0.15, 0.2) is 11.6 Å². The molecule has 0 aliphatic heterocycles. The Kier molecular flexibility index (Phi) is 5.60. The molecule has 1 fully saturated rings. The fourth-order valence-electron chi connectivity index (χ4n) is 3.70. The third-order valence-corrected chi connectivity index (χ3v) is 5.85. The molecule has 1 aliphatic carbocycles. The van der Waals surface area contributed by atoms with Crippen molar-refractivity contribution < 1.29 is 23.1 Å². The number of anilines is 2. The van der Waals surface area contributed by atoms with Gasteiger partial charge < -0.3 is 15.4 Å². The maximum absolute atomic E-state index is 14.8. The van der Waals surface area contributed by atoms with E-state index in [1.807, 2.05) is 6.92 Å². The van der Waals surface area contributed by atoms with Gasteiger partial charge in [-0.3, -0.25) is 19.6 Å². The second kappa shape index (κ2) is 8.75. The van der Waals surface area contributed by atoms with Gasteiger partial charge in [-0.15, -0.1) is 0 Å². The number of ether oxygens (including phenoxy) is 1. The molecule has 2 amide bonds. The Morgan fingerprint density at radius 3 is 2.26 bits per heavy atom. The van der Waals surface area contributed by atoms with Crippen molar-refractivity contribution in [1.82, 2.24) is 9.97 Å². The second-order valence-corrected chi connectivity index (χ2v) is 8.40. The zero-order valence-electron chi connectivity index (χ0n) is 18.6. The third-order valence-electron chi connectivity index (χ3n) is 5.85. The largest absolute Gasteiger partial charge is 0.453 e. The van der Waals surface area contributed by atoms with E-state index in [4.69, 9.17) is 4.74 Å². The number of amides is 2. The first-order valence-corrected chi connectivity index (χ1v) is 10.9. The van der Waals surface area contributed by atoms with E-state index in [2.05, 4.69) is 20.6 Å². The van der Waals surface area contributed by atoms with E-state index in [1.54, 1.807) is 24.5 Å². The minimum absolute atomic E-state index is 0.0359. The van der Waals surface area contributed by atoms with E-state index in [-0.39, 0.29) is 11.4 Å². The molecule has 2 heterocycles. The van der Waals surface area contributed by atoms with Crippen molar-refractivity contribution in [1.29, 1.82) is 0 Å². The molecule has 0 saturated heterocycles. The van der Waals surface area contributed by atoms with Crippen molar-refractivity contribution in [3.63, 3.8) is 0 Å². The van der Waals surface area contributed by atoms with E-state index >= 15 is 0 Å². The number of carbonyl (C=O) groups is 2. The van der Waals surface area contributed by atoms with Gasteiger partial charge in [-0.2, -0.15) is 0 Å². The molecular weight excluding hydrogens is 454 g/mol. The Morgan fingerprint density at radius 2 is 1.57 bits per heavy atom. The molecule has 0 spiro atoms. The fraction of sp³-hybridized carbons (Fsp3) is 0.154. The summed E-state index contributed by atoms with van der Waals surface area (Å²) < 4.78 is 33.7. The van der Waals surface area contributed by atoms with Gasteiger partial charge in [-0.05, 0) is 68.3 Å². The molecule has 35 heavy (non-hydrogen) atoms. The van der Waals surface area contributed by atoms with Crippen molar-refractivity contribution in [3.8, 4) is 11.5 Å². The summed E-state index contributed by atoms with van der Waals surface area (Å²) in [7, 11) is 0. The summed E-state index contributed by atoms with van der Waals surface area (Å²) in [5, 5.41) is 5.88. The molecular formula is C26H20F2N4O3. The maximum Gasteiger partial charge on any atom is 0.240 e. The molecule has 0 radical (unpaired) electrons. The molecule has 2 aromatic heterocycles. The number of halogens is 2. The minimum atomic E-state index is -1.25. The van der Waals surface area contributed by atoms with Gasteiger partial charge in [0.1, 0.15) is 17.0 Å². The minimum Gasteiger partial charge on any atom is -0.453 e. The van der Waals surface area contributed by atoms with Crippen LogP contribution >= 0.6 is 0 Å². The smallest absolute Gasteiger partial charge is 0.240 e. The van der Waals surface area contributed by atoms with Crippen LogP contribution in [0.2, 0.25) is 0 Å². The summed E-state index contributed by atoms with van der Waals surface area (Å²) in [6.45, 7) is 1.85. The van der Waals surface area contributed by atoms with Crippen LogP contribution < -0.4 is 15.4 Å². The molecule has 0 atom stereocenters. The average molecular weight is 474 g/mol. The monoisotopic (exact) mass is 474 g/mol. The lowest BCUT2D eigenvalue weighted by molar-refractivity contribution is -0.131. The lowest BCUT2D eigenvalue weighted by Gasteiger charge is -2.16. The molecule has 0 bridgehead atoms. The first kappa shape index (κ1) is 22.4. The highest BCUT2D eigenvalue weighted by atomic mass is 19.1. The first-order valence-electron chi connectivity index (χ1n) is 10.9. The van der Waals surface area contributed by atoms with Crippen molar-refractivity contribution in [2.24, 2.45) is 5.41 Å². The highest BCUT2D eigenvalue weighted by Crippen LogP contribution is 2.47. The standard InChI is InChI=1S/C26H20F2N4O3/c1-15-12-21-19(14-30-15)22(8-11-29-21)35-23-7-6-18(13-20(23)28)32-25(34)26(9-10-26)24(33)31-17-4-2-16(27)3-5-17/h2-8,11-14H,9-10H2,1H3,(H,31,33)(H,32,34). The molecule has 2 aromatic carbocycles. The molecule has 1 aliphatic rings. The summed E-state index contributed by atoms with van der Waals surface area (Å²) >= 11 is 0. The van der Waals surface area contributed by atoms with Gasteiger partial charge in [0.05, 0.1) is 10.9 Å². The normalized spacial score (nSPS) is 13.8. The van der Waals surface area contributed by atoms with Crippen LogP contribution in [0, 0.1) is 24.0 Å². The average Bonchev–Trinajstić information content (AvgIpc) is 3.65. The summed E-state index contributed by atoms with van der Waals surface area (Å²) in [6, 6.07) is 12.7. The SMILES string of the molecule is Cc1cc2nccc(Oc3ccc(NC(=O)C4(C(=O)Nc5ccc(F)cc5)CC4)cc3F)c2cn1. The number of fused-ring (bicyclic) bond motifs is 1. The van der Waals surface area contributed by atoms with Crippen LogP contribution in [-0.4, -0.2) is 21.8 Å². The van der Waals surface area contributed by atoms with E-state index in [1.165, 1.54) is 36.4 Å². The number of nitrogens with zero attached hydrogens (tertiary/aromatic N) is 2. The van der Waals surface area contributed by atoms with Crippen molar-refractivity contribution in [2.45, 2.75) is 19.8 Å². The van der Waals surface area contributed by atoms with Gasteiger partial charge in [-0.25, -0.2) is 8.78 Å². The maximum atomic E-state index is 14.8. The van der Waals surface area contributed by atoms with Crippen LogP contribution in [0.15, 0.2) is 67.0 Å². The lowest BCUT2D eigenvalue weighted by atomic mass is 10.0. The number of hydrogen-bond donors (Lipinski definition) is 2. The number of aryl methyl sites for hydroxylation is 1. The van der Waals surface area contributed by atoms with Crippen molar-refractivity contribution in [2.75, 3.05) is 10.6 Å². The van der Waals surface area contributed by atoms with Crippen LogP contribution in [0.3, 0.4) is 0 Å². The zero-order chi connectivity index (χ0) is 24.6. The van der Waals surface area contributed by atoms with Gasteiger partial charge in [0.25, 0.3) is 0 Å². The summed E-state index contributed by atoms with van der Waals surface area (Å²) in [5.74, 6) is -1.78. The first-order chi connectivity index (χ1) is 16.8. The van der Waals surface area contributed by atoms with Crippen LogP contribution in [-0.2, 0) is 9.59 Å². The molecule has 2 N–H and O–H groups in total. The van der Waals surface area contributed by atoms with Crippen LogP contribution in [0.5, 0.6) is 11.5 Å². The Bertz CT molecular complexity index is 1450. The van der Waals surface area contributed by atoms with Crippen LogP contribution in [0.1, 0.15) is 18.5 Å². The topological polar surface area (TPSA) is 93.2 Å². The Labute approximate surface area is 199 Å². The molecule has 176 valence electrons. The molecule has 9 heteroatoms. The van der Waals surface area contributed by atoms with Gasteiger partial charge in [0.2, 0.25) is 11.8 Å². The van der Waals surface area contributed by atoms with Gasteiger partial charge in [0, 0.05) is 35.5 Å². The van der Waals surface area contributed by atoms with Crippen LogP contribution in [0.25, 0.3) is 10.9 Å². The number of carbonyl (C=O) groups excluding carboxylic acids is 2. The number of benzene rings is 2. The summed E-state index contributed by atoms with van der Waals surface area (Å²) in [5.41, 5.74) is 0.803. The predicted octanol–water partition coefficient (Wildman–Crippen LogP) is 5.37. The summed E-state index contributed by atoms with van der Waals surface area (Å²) in [4.78, 5) is 34.1. The van der Waals surface area contributed by atoms with E-state index in [0.29, 0.717) is 35.2 Å². The second-order valence-electron chi connectivity index (χ2n) is 8.40. The Morgan fingerprint density at radius 1 is 0.886 bits per heavy atom. The summed E-state index contributed by atoms with van der Waals surface area (Å²) in [6.07, 6.45) is 3.90. The van der Waals surface area contributed by atoms with Gasteiger partial charge >= 0.3 is 0 Å². The van der Waals surface area contributed by atoms with Crippen LogP contribution in [0.4, 0.5) is 20.2 Å². The molecule has 4 aromatic rings. The van der Waals surface area contributed by atoms with Crippen molar-refractivity contribution >= 4 is 34.1 Å². The quantitative estimate of drug-likeness (QED) is 0.367. The van der Waals surface area contributed by atoms with Gasteiger partial charge in [-0.1, -0.05) is 0 Å². The molecule has 5 rings (SSSR count). The lowest BCUT2D eigenvalue weighted by Crippen LogP contribution is -2.35. The number of rotatable bonds is 6. The van der Waals surface area contributed by atoms with E-state index in [9.17, 15) is 18.4 Å². The number of nitrogens with one attached hydrogen (secondary N) is 2. The Hall–Kier alpha value is -4.40.